The molecule has 1 spiro atoms. The highest BCUT2D eigenvalue weighted by atomic mass is 19.1. The lowest BCUT2D eigenvalue weighted by Gasteiger charge is -2.57. The maximum atomic E-state index is 13.3. The first kappa shape index (κ1) is 18.4. The van der Waals surface area contributed by atoms with E-state index in [1.807, 2.05) is 20.8 Å². The largest absolute Gasteiger partial charge is 0.478 e. The number of halogens is 1. The van der Waals surface area contributed by atoms with Crippen LogP contribution in [0.4, 0.5) is 15.0 Å². The number of hydrogen-bond acceptors (Lipinski definition) is 5. The second kappa shape index (κ2) is 6.41. The van der Waals surface area contributed by atoms with Crippen molar-refractivity contribution in [2.75, 3.05) is 5.32 Å². The first-order valence-electron chi connectivity index (χ1n) is 8.71. The molecule has 1 heterocycles. The number of rotatable bonds is 4. The molecule has 0 saturated heterocycles. The molecule has 0 aliphatic heterocycles. The molecule has 1 aromatic rings. The fraction of sp³-hybridized carbons (Fsp3) is 0.611. The Hall–Kier alpha value is -2.38. The van der Waals surface area contributed by atoms with Crippen molar-refractivity contribution in [3.63, 3.8) is 0 Å². The van der Waals surface area contributed by atoms with Gasteiger partial charge in [-0.15, -0.1) is 0 Å². The minimum absolute atomic E-state index is 0.0366. The molecule has 0 bridgehead atoms. The Morgan fingerprint density at radius 2 is 1.85 bits per heavy atom. The van der Waals surface area contributed by atoms with Gasteiger partial charge in [0, 0.05) is 12.1 Å². The van der Waals surface area contributed by atoms with E-state index in [2.05, 4.69) is 15.6 Å². The molecular formula is C18H24FN3O4. The number of aromatic carboxylic acids is 1. The van der Waals surface area contributed by atoms with Crippen LogP contribution < -0.4 is 10.6 Å². The second-order valence-corrected chi connectivity index (χ2v) is 8.34. The van der Waals surface area contributed by atoms with Crippen molar-refractivity contribution in [2.45, 2.75) is 64.1 Å². The van der Waals surface area contributed by atoms with Crippen molar-refractivity contribution < 1.29 is 23.8 Å². The first-order chi connectivity index (χ1) is 12.1. The second-order valence-electron chi connectivity index (χ2n) is 8.34. The fourth-order valence-electron chi connectivity index (χ4n) is 3.89. The first-order valence-corrected chi connectivity index (χ1v) is 8.71. The average molecular weight is 365 g/mol. The number of carbonyl (C=O) groups is 2. The maximum Gasteiger partial charge on any atom is 0.407 e. The third kappa shape index (κ3) is 4.05. The minimum Gasteiger partial charge on any atom is -0.478 e. The number of nitrogens with zero attached hydrogens (tertiary/aromatic N) is 1. The van der Waals surface area contributed by atoms with Gasteiger partial charge < -0.3 is 20.5 Å². The Labute approximate surface area is 151 Å². The number of nitrogens with one attached hydrogen (secondary N) is 2. The van der Waals surface area contributed by atoms with Crippen LogP contribution >= 0.6 is 0 Å². The normalized spacial score (nSPS) is 27.2. The zero-order chi connectivity index (χ0) is 19.1. The zero-order valence-corrected chi connectivity index (χ0v) is 15.1. The molecule has 1 amide bonds. The van der Waals surface area contributed by atoms with Gasteiger partial charge in [0.05, 0.1) is 0 Å². The summed E-state index contributed by atoms with van der Waals surface area (Å²) < 4.78 is 18.6. The van der Waals surface area contributed by atoms with Crippen molar-refractivity contribution in [3.8, 4) is 0 Å². The van der Waals surface area contributed by atoms with Crippen molar-refractivity contribution in [1.82, 2.24) is 10.3 Å². The molecule has 0 radical (unpaired) electrons. The molecule has 26 heavy (non-hydrogen) atoms. The van der Waals surface area contributed by atoms with Crippen molar-refractivity contribution in [2.24, 2.45) is 5.41 Å². The third-order valence-corrected chi connectivity index (χ3v) is 4.87. The molecule has 2 aliphatic carbocycles. The van der Waals surface area contributed by atoms with Gasteiger partial charge in [-0.2, -0.15) is 4.39 Å². The lowest BCUT2D eigenvalue weighted by molar-refractivity contribution is -0.0179. The maximum absolute atomic E-state index is 13.3. The zero-order valence-electron chi connectivity index (χ0n) is 15.1. The predicted molar refractivity (Wildman–Crippen MR) is 92.6 cm³/mol. The average Bonchev–Trinajstić information content (AvgIpc) is 2.40. The van der Waals surface area contributed by atoms with Crippen LogP contribution in [0.3, 0.4) is 0 Å². The van der Waals surface area contributed by atoms with E-state index in [0.717, 1.165) is 31.7 Å². The Kier molecular flexibility index (Phi) is 4.54. The molecule has 2 saturated carbocycles. The molecule has 8 heteroatoms. The SMILES string of the molecule is CC(C)(C)OC(=O)NC1CC2(C1)CC(Nc1nc(F)ccc1C(=O)O)C2. The van der Waals surface area contributed by atoms with Gasteiger partial charge in [0.1, 0.15) is 17.0 Å². The summed E-state index contributed by atoms with van der Waals surface area (Å²) in [6.07, 6.45) is 3.02. The van der Waals surface area contributed by atoms with E-state index in [1.165, 1.54) is 6.07 Å². The van der Waals surface area contributed by atoms with Crippen LogP contribution in [0.25, 0.3) is 0 Å². The topological polar surface area (TPSA) is 101 Å². The standard InChI is InChI=1S/C18H24FN3O4/c1-17(2,3)26-16(25)21-11-8-18(9-11)6-10(7-18)20-14-12(15(23)24)4-5-13(19)22-14/h4-5,10-11H,6-9H2,1-3H3,(H,20,22)(H,21,25)(H,23,24). The van der Waals surface area contributed by atoms with E-state index >= 15 is 0 Å². The van der Waals surface area contributed by atoms with Gasteiger partial charge in [0.15, 0.2) is 0 Å². The van der Waals surface area contributed by atoms with Gasteiger partial charge >= 0.3 is 12.1 Å². The van der Waals surface area contributed by atoms with Gasteiger partial charge in [0.25, 0.3) is 0 Å². The molecule has 1 aromatic heterocycles. The number of carbonyl (C=O) groups excluding carboxylic acids is 1. The van der Waals surface area contributed by atoms with Crippen LogP contribution in [0.5, 0.6) is 0 Å². The summed E-state index contributed by atoms with van der Waals surface area (Å²) in [5.74, 6) is -1.78. The van der Waals surface area contributed by atoms with Gasteiger partial charge in [-0.1, -0.05) is 0 Å². The van der Waals surface area contributed by atoms with Gasteiger partial charge in [-0.25, -0.2) is 14.6 Å². The summed E-state index contributed by atoms with van der Waals surface area (Å²) in [5.41, 5.74) is -0.393. The summed E-state index contributed by atoms with van der Waals surface area (Å²) in [7, 11) is 0. The van der Waals surface area contributed by atoms with E-state index < -0.39 is 23.6 Å². The Morgan fingerprint density at radius 3 is 2.42 bits per heavy atom. The Bertz CT molecular complexity index is 718. The van der Waals surface area contributed by atoms with Crippen LogP contribution in [0.2, 0.25) is 0 Å². The van der Waals surface area contributed by atoms with Crippen LogP contribution in [-0.2, 0) is 4.74 Å². The number of amides is 1. The number of hydrogen-bond donors (Lipinski definition) is 3. The predicted octanol–water partition coefficient (Wildman–Crippen LogP) is 3.17. The summed E-state index contributed by atoms with van der Waals surface area (Å²) in [4.78, 5) is 26.6. The summed E-state index contributed by atoms with van der Waals surface area (Å²) in [6, 6.07) is 2.42. The Morgan fingerprint density at radius 1 is 1.23 bits per heavy atom. The number of carboxylic acids is 1. The van der Waals surface area contributed by atoms with Crippen LogP contribution in [0.1, 0.15) is 56.8 Å². The number of ether oxygens (including phenoxy) is 1. The van der Waals surface area contributed by atoms with Crippen LogP contribution in [0, 0.1) is 11.4 Å². The molecule has 2 aliphatic rings. The third-order valence-electron chi connectivity index (χ3n) is 4.87. The molecule has 0 aromatic carbocycles. The van der Waals surface area contributed by atoms with Crippen molar-refractivity contribution in [1.29, 1.82) is 0 Å². The van der Waals surface area contributed by atoms with E-state index in [9.17, 15) is 14.0 Å². The van der Waals surface area contributed by atoms with Crippen LogP contribution in [-0.4, -0.2) is 39.8 Å². The highest BCUT2D eigenvalue weighted by Gasteiger charge is 2.53. The highest BCUT2D eigenvalue weighted by molar-refractivity contribution is 5.93. The molecule has 7 nitrogen and oxygen atoms in total. The molecule has 3 rings (SSSR count). The van der Waals surface area contributed by atoms with Gasteiger partial charge in [-0.3, -0.25) is 0 Å². The number of anilines is 1. The molecule has 0 atom stereocenters. The summed E-state index contributed by atoms with van der Waals surface area (Å²) in [6.45, 7) is 5.47. The monoisotopic (exact) mass is 365 g/mol. The quantitative estimate of drug-likeness (QED) is 0.709. The number of alkyl carbamates (subject to hydrolysis) is 1. The minimum atomic E-state index is -1.14. The van der Waals surface area contributed by atoms with E-state index in [-0.39, 0.29) is 28.9 Å². The molecular weight excluding hydrogens is 341 g/mol. The number of pyridine rings is 1. The Balaban J connectivity index is 1.47. The lowest BCUT2D eigenvalue weighted by atomic mass is 9.52. The highest BCUT2D eigenvalue weighted by Crippen LogP contribution is 2.56. The van der Waals surface area contributed by atoms with E-state index in [0.29, 0.717) is 0 Å². The van der Waals surface area contributed by atoms with Gasteiger partial charge in [-0.05, 0) is 64.0 Å². The number of aromatic nitrogens is 1. The summed E-state index contributed by atoms with van der Waals surface area (Å²) in [5, 5.41) is 15.1. The van der Waals surface area contributed by atoms with Crippen LogP contribution in [0.15, 0.2) is 12.1 Å². The smallest absolute Gasteiger partial charge is 0.407 e. The molecule has 0 unspecified atom stereocenters. The summed E-state index contributed by atoms with van der Waals surface area (Å²) >= 11 is 0. The molecule has 2 fully saturated rings. The van der Waals surface area contributed by atoms with E-state index in [4.69, 9.17) is 9.84 Å². The molecule has 3 N–H and O–H groups in total. The van der Waals surface area contributed by atoms with Gasteiger partial charge in [0.2, 0.25) is 5.95 Å². The van der Waals surface area contributed by atoms with Crippen molar-refractivity contribution >= 4 is 17.9 Å². The molecule has 142 valence electrons. The van der Waals surface area contributed by atoms with Crippen molar-refractivity contribution in [3.05, 3.63) is 23.6 Å². The number of carboxylic acid groups (broad SMARTS) is 1. The lowest BCUT2D eigenvalue weighted by Crippen LogP contribution is -2.59. The van der Waals surface area contributed by atoms with E-state index in [1.54, 1.807) is 0 Å². The fourth-order valence-corrected chi connectivity index (χ4v) is 3.89.